The molecule has 2 aromatic heterocycles. The fourth-order valence-corrected chi connectivity index (χ4v) is 1.63. The van der Waals surface area contributed by atoms with Gasteiger partial charge in [-0.1, -0.05) is 11.6 Å². The number of nitrogens with one attached hydrogen (secondary N) is 1. The van der Waals surface area contributed by atoms with Gasteiger partial charge in [-0.25, -0.2) is 0 Å². The molecule has 1 N–H and O–H groups in total. The summed E-state index contributed by atoms with van der Waals surface area (Å²) in [4.78, 5) is 3.94. The van der Waals surface area contributed by atoms with Gasteiger partial charge in [0.2, 0.25) is 5.28 Å². The molecule has 8 heteroatoms. The Kier molecular flexibility index (Phi) is 3.75. The predicted molar refractivity (Wildman–Crippen MR) is 65.2 cm³/mol. The monoisotopic (exact) mass is 272 g/mol. The van der Waals surface area contributed by atoms with E-state index in [1.54, 1.807) is 6.20 Å². The summed E-state index contributed by atoms with van der Waals surface area (Å²) in [5.41, 5.74) is 1.11. The minimum Gasteiger partial charge on any atom is -0.367 e. The first kappa shape index (κ1) is 12.1. The Morgan fingerprint density at radius 3 is 2.88 bits per heavy atom. The van der Waals surface area contributed by atoms with Gasteiger partial charge in [0.1, 0.15) is 0 Å². The number of nitrogens with zero attached hydrogens (tertiary/aromatic N) is 5. The van der Waals surface area contributed by atoms with Crippen LogP contribution < -0.4 is 5.32 Å². The Bertz CT molecular complexity index is 512. The molecule has 0 aliphatic carbocycles. The van der Waals surface area contributed by atoms with Gasteiger partial charge in [0.05, 0.1) is 0 Å². The van der Waals surface area contributed by atoms with Crippen molar-refractivity contribution in [3.05, 3.63) is 28.4 Å². The molecule has 0 amide bonds. The topological polar surface area (TPSA) is 68.5 Å². The zero-order valence-corrected chi connectivity index (χ0v) is 10.6. The lowest BCUT2D eigenvalue weighted by Crippen LogP contribution is -2.10. The van der Waals surface area contributed by atoms with E-state index in [4.69, 9.17) is 23.2 Å². The normalized spacial score (nSPS) is 10.5. The van der Waals surface area contributed by atoms with Gasteiger partial charge < -0.3 is 5.32 Å². The van der Waals surface area contributed by atoms with Gasteiger partial charge in [0.25, 0.3) is 0 Å². The van der Waals surface area contributed by atoms with E-state index in [0.29, 0.717) is 12.4 Å². The van der Waals surface area contributed by atoms with Crippen molar-refractivity contribution in [2.45, 2.75) is 6.42 Å². The lowest BCUT2D eigenvalue weighted by atomic mass is 10.3. The first-order valence-electron chi connectivity index (χ1n) is 4.93. The number of aryl methyl sites for hydroxylation is 1. The molecule has 17 heavy (non-hydrogen) atoms. The van der Waals surface area contributed by atoms with Crippen molar-refractivity contribution in [2.75, 3.05) is 11.9 Å². The second kappa shape index (κ2) is 5.29. The summed E-state index contributed by atoms with van der Waals surface area (Å²) in [7, 11) is 1.89. The van der Waals surface area contributed by atoms with E-state index in [1.165, 1.54) is 0 Å². The zero-order chi connectivity index (χ0) is 12.3. The molecule has 0 spiro atoms. The smallest absolute Gasteiger partial charge is 0.245 e. The van der Waals surface area contributed by atoms with E-state index >= 15 is 0 Å². The molecule has 6 nitrogen and oxygen atoms in total. The Morgan fingerprint density at radius 2 is 2.18 bits per heavy atom. The van der Waals surface area contributed by atoms with E-state index in [2.05, 4.69) is 25.6 Å². The molecule has 90 valence electrons. The third-order valence-electron chi connectivity index (χ3n) is 2.22. The summed E-state index contributed by atoms with van der Waals surface area (Å²) in [5, 5.41) is 14.6. The van der Waals surface area contributed by atoms with E-state index in [0.717, 1.165) is 12.1 Å². The number of anilines is 1. The molecule has 0 bridgehead atoms. The Balaban J connectivity index is 1.94. The van der Waals surface area contributed by atoms with Crippen molar-refractivity contribution >= 4 is 29.0 Å². The summed E-state index contributed by atoms with van der Waals surface area (Å²) in [6.07, 6.45) is 2.56. The largest absolute Gasteiger partial charge is 0.367 e. The number of halogens is 2. The molecule has 0 unspecified atom stereocenters. The van der Waals surface area contributed by atoms with E-state index in [9.17, 15) is 0 Å². The lowest BCUT2D eigenvalue weighted by molar-refractivity contribution is 0.710. The predicted octanol–water partition coefficient (Wildman–Crippen LogP) is 1.57. The highest BCUT2D eigenvalue weighted by Gasteiger charge is 2.05. The highest BCUT2D eigenvalue weighted by molar-refractivity contribution is 6.32. The van der Waals surface area contributed by atoms with Gasteiger partial charge in [0.15, 0.2) is 11.0 Å². The third-order valence-corrected chi connectivity index (χ3v) is 2.63. The van der Waals surface area contributed by atoms with Crippen molar-refractivity contribution in [3.8, 4) is 0 Å². The molecule has 0 atom stereocenters. The summed E-state index contributed by atoms with van der Waals surface area (Å²) in [6.45, 7) is 0.661. The Labute approximate surface area is 108 Å². The van der Waals surface area contributed by atoms with Crippen LogP contribution in [0.25, 0.3) is 0 Å². The molecular weight excluding hydrogens is 263 g/mol. The Morgan fingerprint density at radius 1 is 1.35 bits per heavy atom. The lowest BCUT2D eigenvalue weighted by Gasteiger charge is -2.06. The highest BCUT2D eigenvalue weighted by atomic mass is 35.5. The van der Waals surface area contributed by atoms with Crippen LogP contribution in [0, 0.1) is 0 Å². The zero-order valence-electron chi connectivity index (χ0n) is 9.06. The van der Waals surface area contributed by atoms with Crippen molar-refractivity contribution in [2.24, 2.45) is 7.05 Å². The molecule has 0 aliphatic rings. The van der Waals surface area contributed by atoms with Gasteiger partial charge >= 0.3 is 0 Å². The first-order chi connectivity index (χ1) is 8.16. The van der Waals surface area contributed by atoms with Gasteiger partial charge in [-0.05, 0) is 17.7 Å². The highest BCUT2D eigenvalue weighted by Crippen LogP contribution is 2.16. The molecular formula is C9H10Cl2N6. The summed E-state index contributed by atoms with van der Waals surface area (Å²) >= 11 is 11.4. The van der Waals surface area contributed by atoms with Crippen molar-refractivity contribution < 1.29 is 0 Å². The molecule has 0 aliphatic heterocycles. The Hall–Kier alpha value is -1.40. The van der Waals surface area contributed by atoms with Crippen LogP contribution in [0.1, 0.15) is 5.69 Å². The summed E-state index contributed by atoms with van der Waals surface area (Å²) in [5.74, 6) is 0.439. The minimum absolute atomic E-state index is 0.0671. The SMILES string of the molecule is Cn1nccc1CCNc1nc(Cl)nnc1Cl. The number of rotatable bonds is 4. The number of hydrogen-bond donors (Lipinski definition) is 1. The van der Waals surface area contributed by atoms with Crippen molar-refractivity contribution in [1.29, 1.82) is 0 Å². The van der Waals surface area contributed by atoms with Crippen LogP contribution in [-0.4, -0.2) is 31.5 Å². The standard InChI is InChI=1S/C9H10Cl2N6/c1-17-6(3-5-13-17)2-4-12-8-7(10)15-16-9(11)14-8/h3,5H,2,4H2,1H3,(H,12,14,16). The van der Waals surface area contributed by atoms with E-state index in [1.807, 2.05) is 17.8 Å². The average molecular weight is 273 g/mol. The number of hydrogen-bond acceptors (Lipinski definition) is 5. The van der Waals surface area contributed by atoms with Crippen LogP contribution in [0.5, 0.6) is 0 Å². The van der Waals surface area contributed by atoms with Gasteiger partial charge in [0, 0.05) is 31.9 Å². The molecule has 2 rings (SSSR count). The second-order valence-electron chi connectivity index (χ2n) is 3.34. The average Bonchev–Trinajstić information content (AvgIpc) is 2.70. The fraction of sp³-hybridized carbons (Fsp3) is 0.333. The summed E-state index contributed by atoms with van der Waals surface area (Å²) < 4.78 is 1.81. The molecule has 2 aromatic rings. The maximum Gasteiger partial charge on any atom is 0.245 e. The van der Waals surface area contributed by atoms with E-state index < -0.39 is 0 Å². The first-order valence-corrected chi connectivity index (χ1v) is 5.69. The maximum absolute atomic E-state index is 5.81. The molecule has 0 saturated carbocycles. The van der Waals surface area contributed by atoms with Crippen LogP contribution in [-0.2, 0) is 13.5 Å². The maximum atomic E-state index is 5.81. The van der Waals surface area contributed by atoms with Gasteiger partial charge in [-0.3, -0.25) is 4.68 Å². The van der Waals surface area contributed by atoms with Crippen molar-refractivity contribution in [1.82, 2.24) is 25.0 Å². The minimum atomic E-state index is 0.0671. The van der Waals surface area contributed by atoms with Crippen LogP contribution in [0.4, 0.5) is 5.82 Å². The van der Waals surface area contributed by atoms with Crippen LogP contribution in [0.15, 0.2) is 12.3 Å². The van der Waals surface area contributed by atoms with Crippen LogP contribution >= 0.6 is 23.2 Å². The molecule has 0 radical (unpaired) electrons. The molecule has 0 aromatic carbocycles. The van der Waals surface area contributed by atoms with Crippen molar-refractivity contribution in [3.63, 3.8) is 0 Å². The summed E-state index contributed by atoms with van der Waals surface area (Å²) in [6, 6.07) is 1.95. The second-order valence-corrected chi connectivity index (χ2v) is 4.04. The van der Waals surface area contributed by atoms with Crippen LogP contribution in [0.3, 0.4) is 0 Å². The quantitative estimate of drug-likeness (QED) is 0.915. The third kappa shape index (κ3) is 3.04. The molecule has 0 fully saturated rings. The number of aromatic nitrogens is 5. The van der Waals surface area contributed by atoms with E-state index in [-0.39, 0.29) is 10.4 Å². The van der Waals surface area contributed by atoms with Crippen LogP contribution in [0.2, 0.25) is 10.4 Å². The fourth-order valence-electron chi connectivity index (χ4n) is 1.36. The van der Waals surface area contributed by atoms with Gasteiger partial charge in [-0.2, -0.15) is 10.1 Å². The molecule has 0 saturated heterocycles. The van der Waals surface area contributed by atoms with Gasteiger partial charge in [-0.15, -0.1) is 10.2 Å². The molecule has 2 heterocycles.